The van der Waals surface area contributed by atoms with Crippen LogP contribution in [0.5, 0.6) is 0 Å². The summed E-state index contributed by atoms with van der Waals surface area (Å²) in [5.41, 5.74) is 21.5. The topological polar surface area (TPSA) is 152 Å². The molecule has 0 spiro atoms. The van der Waals surface area contributed by atoms with Gasteiger partial charge in [-0.05, 0) is 130 Å². The van der Waals surface area contributed by atoms with Crippen LogP contribution in [0.2, 0.25) is 0 Å². The van der Waals surface area contributed by atoms with Crippen LogP contribution < -0.4 is 44.2 Å². The molecule has 0 aliphatic rings. The van der Waals surface area contributed by atoms with E-state index in [2.05, 4.69) is 21.3 Å². The van der Waals surface area contributed by atoms with Gasteiger partial charge in [0, 0.05) is 0 Å². The highest BCUT2D eigenvalue weighted by atomic mass is 14.9. The summed E-state index contributed by atoms with van der Waals surface area (Å²) in [5, 5.41) is 13.4. The summed E-state index contributed by atoms with van der Waals surface area (Å²) in [6.45, 7) is 11.8. The van der Waals surface area contributed by atoms with Crippen molar-refractivity contribution < 1.29 is 0 Å². The van der Waals surface area contributed by atoms with E-state index < -0.39 is 0 Å². The third-order valence-electron chi connectivity index (χ3n) is 4.14. The number of hydrogen-bond donors (Lipinski definition) is 8. The minimum atomic E-state index is 0.785. The Bertz CT molecular complexity index is 196. The molecule has 0 aromatic rings. The molecule has 0 fully saturated rings. The van der Waals surface area contributed by atoms with E-state index in [1.165, 1.54) is 25.7 Å². The number of nitrogens with one attached hydrogen (secondary N) is 4. The highest BCUT2D eigenvalue weighted by molar-refractivity contribution is 4.53. The number of rotatable bonds is 22. The number of unbranched alkanes of at least 4 members (excludes halogenated alkanes) is 2. The molecule has 0 unspecified atom stereocenters. The largest absolute Gasteiger partial charge is 0.330 e. The summed E-state index contributed by atoms with van der Waals surface area (Å²) in [6.07, 6.45) is 9.26. The highest BCUT2D eigenvalue weighted by Crippen LogP contribution is 1.85. The van der Waals surface area contributed by atoms with E-state index >= 15 is 0 Å². The van der Waals surface area contributed by atoms with Crippen LogP contribution in [0.3, 0.4) is 0 Å². The molecular weight excluding hydrogens is 352 g/mol. The molecule has 0 bridgehead atoms. The van der Waals surface area contributed by atoms with Gasteiger partial charge in [-0.3, -0.25) is 0 Å². The summed E-state index contributed by atoms with van der Waals surface area (Å²) in [4.78, 5) is 0. The molecular formula is C20H52N8. The fourth-order valence-corrected chi connectivity index (χ4v) is 2.41. The van der Waals surface area contributed by atoms with E-state index in [4.69, 9.17) is 22.9 Å². The minimum absolute atomic E-state index is 0.785. The Balaban J connectivity index is 0. The predicted molar refractivity (Wildman–Crippen MR) is 125 cm³/mol. The molecule has 0 aliphatic heterocycles. The lowest BCUT2D eigenvalue weighted by Crippen LogP contribution is -2.22. The third-order valence-corrected chi connectivity index (χ3v) is 4.14. The van der Waals surface area contributed by atoms with Crippen LogP contribution in [0.25, 0.3) is 0 Å². The van der Waals surface area contributed by atoms with E-state index in [0.29, 0.717) is 0 Å². The van der Waals surface area contributed by atoms with Crippen molar-refractivity contribution in [3.8, 4) is 0 Å². The second kappa shape index (κ2) is 31.4. The number of nitrogens with two attached hydrogens (primary N) is 4. The van der Waals surface area contributed by atoms with Gasteiger partial charge >= 0.3 is 0 Å². The van der Waals surface area contributed by atoms with E-state index in [1.54, 1.807) is 0 Å². The van der Waals surface area contributed by atoms with Crippen LogP contribution in [0, 0.1) is 0 Å². The summed E-state index contributed by atoms with van der Waals surface area (Å²) in [6, 6.07) is 0. The maximum absolute atomic E-state index is 5.38. The Labute approximate surface area is 174 Å². The van der Waals surface area contributed by atoms with Gasteiger partial charge in [0.2, 0.25) is 0 Å². The predicted octanol–water partition coefficient (Wildman–Crippen LogP) is -0.713. The summed E-state index contributed by atoms with van der Waals surface area (Å²) < 4.78 is 0. The van der Waals surface area contributed by atoms with Gasteiger partial charge in [-0.25, -0.2) is 0 Å². The number of hydrogen-bond acceptors (Lipinski definition) is 8. The zero-order chi connectivity index (χ0) is 21.0. The second-order valence-electron chi connectivity index (χ2n) is 6.98. The molecule has 8 heteroatoms. The first kappa shape index (κ1) is 29.9. The lowest BCUT2D eigenvalue weighted by molar-refractivity contribution is 0.570. The van der Waals surface area contributed by atoms with Crippen molar-refractivity contribution >= 4 is 0 Å². The fraction of sp³-hybridized carbons (Fsp3) is 1.00. The average molecular weight is 405 g/mol. The molecule has 0 rings (SSSR count). The zero-order valence-electron chi connectivity index (χ0n) is 18.5. The van der Waals surface area contributed by atoms with Crippen LogP contribution in [0.1, 0.15) is 51.4 Å². The SMILES string of the molecule is NCCCNCCCCNCCCN.NCCCNCCCCNCCCN. The summed E-state index contributed by atoms with van der Waals surface area (Å²) >= 11 is 0. The molecule has 0 saturated heterocycles. The minimum Gasteiger partial charge on any atom is -0.330 e. The Morgan fingerprint density at radius 3 is 0.643 bits per heavy atom. The first-order valence-corrected chi connectivity index (χ1v) is 11.5. The Morgan fingerprint density at radius 1 is 0.286 bits per heavy atom. The van der Waals surface area contributed by atoms with Crippen LogP contribution in [-0.2, 0) is 0 Å². The standard InChI is InChI=1S/2C10H26N4/c2*11-5-3-9-13-7-1-2-8-14-10-4-6-12/h2*13-14H,1-12H2. The van der Waals surface area contributed by atoms with Gasteiger partial charge in [-0.1, -0.05) is 0 Å². The molecule has 0 radical (unpaired) electrons. The summed E-state index contributed by atoms with van der Waals surface area (Å²) in [5.74, 6) is 0. The van der Waals surface area contributed by atoms with Gasteiger partial charge in [-0.2, -0.15) is 0 Å². The normalized spacial score (nSPS) is 10.7. The van der Waals surface area contributed by atoms with Gasteiger partial charge in [0.05, 0.1) is 0 Å². The lowest BCUT2D eigenvalue weighted by atomic mass is 10.3. The van der Waals surface area contributed by atoms with Gasteiger partial charge in [0.15, 0.2) is 0 Å². The Morgan fingerprint density at radius 2 is 0.464 bits per heavy atom. The average Bonchev–Trinajstić information content (AvgIpc) is 2.71. The smallest absolute Gasteiger partial charge is 0.00369 e. The maximum atomic E-state index is 5.38. The molecule has 0 saturated carbocycles. The lowest BCUT2D eigenvalue weighted by Gasteiger charge is -2.04. The molecule has 8 nitrogen and oxygen atoms in total. The molecule has 0 heterocycles. The Hall–Kier alpha value is -0.320. The molecule has 12 N–H and O–H groups in total. The third kappa shape index (κ3) is 33.3. The van der Waals surface area contributed by atoms with Crippen LogP contribution >= 0.6 is 0 Å². The molecule has 0 atom stereocenters. The first-order valence-electron chi connectivity index (χ1n) is 11.5. The second-order valence-corrected chi connectivity index (χ2v) is 6.98. The maximum Gasteiger partial charge on any atom is -0.00369 e. The van der Waals surface area contributed by atoms with Crippen molar-refractivity contribution in [2.45, 2.75) is 51.4 Å². The van der Waals surface area contributed by atoms with Crippen molar-refractivity contribution in [2.75, 3.05) is 78.5 Å². The molecule has 0 aromatic heterocycles. The van der Waals surface area contributed by atoms with Gasteiger partial charge in [-0.15, -0.1) is 0 Å². The van der Waals surface area contributed by atoms with Gasteiger partial charge in [0.25, 0.3) is 0 Å². The van der Waals surface area contributed by atoms with Gasteiger partial charge < -0.3 is 44.2 Å². The van der Waals surface area contributed by atoms with Crippen molar-refractivity contribution in [2.24, 2.45) is 22.9 Å². The first-order chi connectivity index (χ1) is 13.8. The molecule has 0 aromatic carbocycles. The molecule has 0 aliphatic carbocycles. The van der Waals surface area contributed by atoms with Gasteiger partial charge in [0.1, 0.15) is 0 Å². The summed E-state index contributed by atoms with van der Waals surface area (Å²) in [7, 11) is 0. The van der Waals surface area contributed by atoms with E-state index in [0.717, 1.165) is 104 Å². The molecule has 0 amide bonds. The monoisotopic (exact) mass is 404 g/mol. The van der Waals surface area contributed by atoms with Crippen LogP contribution in [0.15, 0.2) is 0 Å². The van der Waals surface area contributed by atoms with E-state index in [1.807, 2.05) is 0 Å². The van der Waals surface area contributed by atoms with Crippen LogP contribution in [0.4, 0.5) is 0 Å². The van der Waals surface area contributed by atoms with Crippen molar-refractivity contribution in [3.05, 3.63) is 0 Å². The molecule has 28 heavy (non-hydrogen) atoms. The fourth-order valence-electron chi connectivity index (χ4n) is 2.41. The van der Waals surface area contributed by atoms with Crippen molar-refractivity contribution in [3.63, 3.8) is 0 Å². The van der Waals surface area contributed by atoms with E-state index in [-0.39, 0.29) is 0 Å². The quantitative estimate of drug-likeness (QED) is 0.110. The van der Waals surface area contributed by atoms with E-state index in [9.17, 15) is 0 Å². The van der Waals surface area contributed by atoms with Crippen molar-refractivity contribution in [1.82, 2.24) is 21.3 Å². The van der Waals surface area contributed by atoms with Crippen molar-refractivity contribution in [1.29, 1.82) is 0 Å². The molecule has 172 valence electrons. The van der Waals surface area contributed by atoms with Crippen LogP contribution in [-0.4, -0.2) is 78.5 Å². The zero-order valence-corrected chi connectivity index (χ0v) is 18.5. The Kier molecular flexibility index (Phi) is 33.5. The highest BCUT2D eigenvalue weighted by Gasteiger charge is 1.90.